The third kappa shape index (κ3) is 1.40. The molecule has 0 aliphatic heterocycles. The van der Waals surface area contributed by atoms with Crippen molar-refractivity contribution in [2.75, 3.05) is 5.33 Å². The van der Waals surface area contributed by atoms with E-state index in [-0.39, 0.29) is 5.78 Å². The minimum absolute atomic E-state index is 0.0222. The lowest BCUT2D eigenvalue weighted by atomic mass is 10.1. The van der Waals surface area contributed by atoms with Gasteiger partial charge in [0.1, 0.15) is 5.58 Å². The number of rotatable bonds is 2. The molecule has 1 radical (unpaired) electrons. The molecule has 2 rings (SSSR count). The zero-order chi connectivity index (χ0) is 9.26. The number of ketones is 1. The van der Waals surface area contributed by atoms with Crippen molar-refractivity contribution in [3.8, 4) is 0 Å². The Morgan fingerprint density at radius 2 is 2.38 bits per heavy atom. The number of hydrogen-bond donors (Lipinski definition) is 0. The fourth-order valence-electron chi connectivity index (χ4n) is 1.23. The SMILES string of the molecule is O=C(CBr)c1cccc2c[c]oc12. The second kappa shape index (κ2) is 3.34. The number of carbonyl (C=O) groups excluding carboxylic acids is 1. The fourth-order valence-corrected chi connectivity index (χ4v) is 1.53. The van der Waals surface area contributed by atoms with Gasteiger partial charge in [0.15, 0.2) is 12.0 Å². The Bertz CT molecular complexity index is 445. The molecule has 0 atom stereocenters. The van der Waals surface area contributed by atoms with Crippen molar-refractivity contribution < 1.29 is 9.21 Å². The van der Waals surface area contributed by atoms with Crippen molar-refractivity contribution in [1.29, 1.82) is 0 Å². The maximum atomic E-state index is 11.4. The van der Waals surface area contributed by atoms with Crippen LogP contribution < -0.4 is 0 Å². The number of para-hydroxylation sites is 1. The van der Waals surface area contributed by atoms with Gasteiger partial charge in [0, 0.05) is 5.39 Å². The largest absolute Gasteiger partial charge is 0.452 e. The number of benzene rings is 1. The highest BCUT2D eigenvalue weighted by Crippen LogP contribution is 2.20. The molecule has 0 spiro atoms. The summed E-state index contributed by atoms with van der Waals surface area (Å²) in [5, 5.41) is 1.22. The van der Waals surface area contributed by atoms with E-state index in [1.807, 2.05) is 12.1 Å². The van der Waals surface area contributed by atoms with Gasteiger partial charge in [0.05, 0.1) is 10.9 Å². The predicted octanol–water partition coefficient (Wildman–Crippen LogP) is 2.81. The number of Topliss-reactive ketones (excluding diaryl/α,β-unsaturated/α-hetero) is 1. The summed E-state index contributed by atoms with van der Waals surface area (Å²) in [5.41, 5.74) is 1.22. The first-order valence-electron chi connectivity index (χ1n) is 3.80. The Morgan fingerprint density at radius 3 is 3.15 bits per heavy atom. The first-order valence-corrected chi connectivity index (χ1v) is 4.93. The third-order valence-corrected chi connectivity index (χ3v) is 2.35. The van der Waals surface area contributed by atoms with Crippen LogP contribution in [0.5, 0.6) is 0 Å². The summed E-state index contributed by atoms with van der Waals surface area (Å²) in [6.07, 6.45) is 2.61. The van der Waals surface area contributed by atoms with Gasteiger partial charge in [-0.05, 0) is 12.1 Å². The van der Waals surface area contributed by atoms with E-state index in [1.165, 1.54) is 0 Å². The Kier molecular flexibility index (Phi) is 2.19. The first kappa shape index (κ1) is 8.51. The minimum atomic E-state index is 0.0222. The first-order chi connectivity index (χ1) is 6.33. The number of halogens is 1. The monoisotopic (exact) mass is 237 g/mol. The molecular weight excluding hydrogens is 232 g/mol. The highest BCUT2D eigenvalue weighted by Gasteiger charge is 2.10. The molecule has 0 saturated heterocycles. The molecule has 0 N–H and O–H groups in total. The van der Waals surface area contributed by atoms with E-state index in [1.54, 1.807) is 12.1 Å². The van der Waals surface area contributed by atoms with Gasteiger partial charge in [0.2, 0.25) is 0 Å². The van der Waals surface area contributed by atoms with Crippen LogP contribution in [0.2, 0.25) is 0 Å². The molecule has 2 aromatic rings. The minimum Gasteiger partial charge on any atom is -0.452 e. The summed E-state index contributed by atoms with van der Waals surface area (Å²) in [4.78, 5) is 11.4. The van der Waals surface area contributed by atoms with E-state index < -0.39 is 0 Å². The van der Waals surface area contributed by atoms with E-state index in [0.717, 1.165) is 5.39 Å². The third-order valence-electron chi connectivity index (χ3n) is 1.84. The predicted molar refractivity (Wildman–Crippen MR) is 53.2 cm³/mol. The van der Waals surface area contributed by atoms with Crippen molar-refractivity contribution in [2.24, 2.45) is 0 Å². The molecule has 2 nitrogen and oxygen atoms in total. The molecule has 0 amide bonds. The van der Waals surface area contributed by atoms with Crippen LogP contribution in [-0.2, 0) is 0 Å². The fraction of sp³-hybridized carbons (Fsp3) is 0.100. The number of hydrogen-bond acceptors (Lipinski definition) is 2. The summed E-state index contributed by atoms with van der Waals surface area (Å²) >= 11 is 3.12. The second-order valence-electron chi connectivity index (χ2n) is 2.64. The number of fused-ring (bicyclic) bond motifs is 1. The average molecular weight is 238 g/mol. The van der Waals surface area contributed by atoms with Crippen LogP contribution in [0.25, 0.3) is 11.0 Å². The Morgan fingerprint density at radius 1 is 1.54 bits per heavy atom. The lowest BCUT2D eigenvalue weighted by Crippen LogP contribution is -1.99. The second-order valence-corrected chi connectivity index (χ2v) is 3.21. The molecule has 1 aromatic carbocycles. The van der Waals surface area contributed by atoms with Crippen molar-refractivity contribution in [3.05, 3.63) is 36.1 Å². The van der Waals surface area contributed by atoms with Gasteiger partial charge in [-0.15, -0.1) is 0 Å². The molecule has 0 saturated carbocycles. The van der Waals surface area contributed by atoms with E-state index in [0.29, 0.717) is 16.5 Å². The van der Waals surface area contributed by atoms with Gasteiger partial charge in [-0.25, -0.2) is 0 Å². The van der Waals surface area contributed by atoms with Crippen molar-refractivity contribution >= 4 is 32.7 Å². The van der Waals surface area contributed by atoms with Crippen LogP contribution in [0.15, 0.2) is 28.7 Å². The van der Waals surface area contributed by atoms with Crippen LogP contribution >= 0.6 is 15.9 Å². The van der Waals surface area contributed by atoms with Gasteiger partial charge in [0.25, 0.3) is 0 Å². The molecular formula is C10H6BrO2. The lowest BCUT2D eigenvalue weighted by Gasteiger charge is -1.96. The van der Waals surface area contributed by atoms with E-state index in [2.05, 4.69) is 22.2 Å². The Labute approximate surface area is 83.7 Å². The molecule has 0 bridgehead atoms. The zero-order valence-electron chi connectivity index (χ0n) is 6.71. The molecule has 0 fully saturated rings. The summed E-state index contributed by atoms with van der Waals surface area (Å²) in [5.74, 6) is 0.0222. The van der Waals surface area contributed by atoms with Crippen LogP contribution in [0, 0.1) is 6.26 Å². The maximum absolute atomic E-state index is 11.4. The van der Waals surface area contributed by atoms with Gasteiger partial charge in [-0.1, -0.05) is 28.1 Å². The van der Waals surface area contributed by atoms with Crippen molar-refractivity contribution in [2.45, 2.75) is 0 Å². The van der Waals surface area contributed by atoms with Gasteiger partial charge in [-0.2, -0.15) is 0 Å². The lowest BCUT2D eigenvalue weighted by molar-refractivity contribution is 0.102. The molecule has 1 aromatic heterocycles. The van der Waals surface area contributed by atoms with E-state index in [9.17, 15) is 4.79 Å². The average Bonchev–Trinajstić information content (AvgIpc) is 2.63. The molecule has 0 aliphatic carbocycles. The van der Waals surface area contributed by atoms with Gasteiger partial charge in [-0.3, -0.25) is 4.79 Å². The Hall–Kier alpha value is -1.09. The van der Waals surface area contributed by atoms with E-state index in [4.69, 9.17) is 4.42 Å². The summed E-state index contributed by atoms with van der Waals surface area (Å²) in [6, 6.07) is 7.20. The topological polar surface area (TPSA) is 30.2 Å². The molecule has 65 valence electrons. The normalized spacial score (nSPS) is 10.5. The summed E-state index contributed by atoms with van der Waals surface area (Å²) < 4.78 is 5.11. The number of carbonyl (C=O) groups is 1. The van der Waals surface area contributed by atoms with Crippen molar-refractivity contribution in [1.82, 2.24) is 0 Å². The Balaban J connectivity index is 2.67. The smallest absolute Gasteiger partial charge is 0.177 e. The highest BCUT2D eigenvalue weighted by atomic mass is 79.9. The highest BCUT2D eigenvalue weighted by molar-refractivity contribution is 9.09. The van der Waals surface area contributed by atoms with Gasteiger partial charge < -0.3 is 4.42 Å². The summed E-state index contributed by atoms with van der Waals surface area (Å²) in [6.45, 7) is 0. The quantitative estimate of drug-likeness (QED) is 0.594. The van der Waals surface area contributed by atoms with E-state index >= 15 is 0 Å². The molecule has 0 aliphatic rings. The number of furan rings is 1. The molecule has 0 unspecified atom stereocenters. The van der Waals surface area contributed by atoms with Crippen LogP contribution in [0.1, 0.15) is 10.4 Å². The molecule has 1 heterocycles. The number of alkyl halides is 1. The van der Waals surface area contributed by atoms with Crippen LogP contribution in [0.3, 0.4) is 0 Å². The molecule has 3 heteroatoms. The zero-order valence-corrected chi connectivity index (χ0v) is 8.30. The maximum Gasteiger partial charge on any atom is 0.177 e. The van der Waals surface area contributed by atoms with Crippen LogP contribution in [-0.4, -0.2) is 11.1 Å². The van der Waals surface area contributed by atoms with Crippen molar-refractivity contribution in [3.63, 3.8) is 0 Å². The summed E-state index contributed by atoms with van der Waals surface area (Å²) in [7, 11) is 0. The van der Waals surface area contributed by atoms with Crippen LogP contribution in [0.4, 0.5) is 0 Å². The van der Waals surface area contributed by atoms with Gasteiger partial charge >= 0.3 is 0 Å². The molecule has 13 heavy (non-hydrogen) atoms. The standard InChI is InChI=1S/C10H6BrO2/c11-6-9(12)8-3-1-2-7-4-5-13-10(7)8/h1-4H,6H2.